The van der Waals surface area contributed by atoms with Gasteiger partial charge in [-0.2, -0.15) is 0 Å². The zero-order valence-electron chi connectivity index (χ0n) is 14.5. The monoisotopic (exact) mass is 340 g/mol. The van der Waals surface area contributed by atoms with Crippen molar-refractivity contribution in [2.24, 2.45) is 5.73 Å². The third kappa shape index (κ3) is 5.61. The number of primary amides is 1. The van der Waals surface area contributed by atoms with E-state index in [1.807, 2.05) is 32.3 Å². The lowest BCUT2D eigenvalue weighted by Crippen LogP contribution is -2.34. The molecule has 1 atom stereocenters. The molecule has 0 heterocycles. The second kappa shape index (κ2) is 8.84. The van der Waals surface area contributed by atoms with Crippen molar-refractivity contribution in [3.63, 3.8) is 0 Å². The van der Waals surface area contributed by atoms with Crippen molar-refractivity contribution >= 4 is 11.9 Å². The summed E-state index contributed by atoms with van der Waals surface area (Å²) < 4.78 is 0. The summed E-state index contributed by atoms with van der Waals surface area (Å²) >= 11 is 0. The number of carbonyl (C=O) groups is 2. The number of nitrogens with one attached hydrogen (secondary N) is 2. The lowest BCUT2D eigenvalue weighted by molar-refractivity contribution is 0.0942. The van der Waals surface area contributed by atoms with Crippen LogP contribution in [0.25, 0.3) is 0 Å². The van der Waals surface area contributed by atoms with E-state index in [0.29, 0.717) is 18.7 Å². The molecule has 6 heteroatoms. The molecule has 0 aromatic heterocycles. The second-order valence-electron chi connectivity index (χ2n) is 6.01. The van der Waals surface area contributed by atoms with E-state index in [9.17, 15) is 9.59 Å². The Bertz CT molecular complexity index is 699. The Morgan fingerprint density at radius 3 is 2.20 bits per heavy atom. The van der Waals surface area contributed by atoms with Crippen molar-refractivity contribution in [1.29, 1.82) is 0 Å². The van der Waals surface area contributed by atoms with Gasteiger partial charge in [-0.25, -0.2) is 4.79 Å². The molecule has 0 aliphatic rings. The first-order chi connectivity index (χ1) is 12.0. The molecule has 2 aromatic carbocycles. The molecule has 0 fully saturated rings. The van der Waals surface area contributed by atoms with E-state index in [1.165, 1.54) is 0 Å². The fourth-order valence-corrected chi connectivity index (χ4v) is 2.53. The summed E-state index contributed by atoms with van der Waals surface area (Å²) in [6, 6.07) is 16.7. The topological polar surface area (TPSA) is 87.5 Å². The van der Waals surface area contributed by atoms with Crippen LogP contribution in [0.4, 0.5) is 4.79 Å². The molecule has 0 saturated heterocycles. The molecule has 0 saturated carbocycles. The van der Waals surface area contributed by atoms with Gasteiger partial charge in [-0.05, 0) is 37.4 Å². The first kappa shape index (κ1) is 18.5. The number of carbonyl (C=O) groups excluding carboxylic acids is 2. The maximum Gasteiger partial charge on any atom is 0.312 e. The Labute approximate surface area is 148 Å². The fourth-order valence-electron chi connectivity index (χ4n) is 2.53. The molecular weight excluding hydrogens is 316 g/mol. The van der Waals surface area contributed by atoms with Crippen LogP contribution in [-0.4, -0.2) is 37.5 Å². The van der Waals surface area contributed by atoms with Gasteiger partial charge in [-0.15, -0.1) is 0 Å². The third-order valence-electron chi connectivity index (χ3n) is 3.95. The van der Waals surface area contributed by atoms with Crippen LogP contribution in [0.3, 0.4) is 0 Å². The molecular formula is C19H24N4O2. The van der Waals surface area contributed by atoms with Gasteiger partial charge in [0.05, 0.1) is 6.04 Å². The molecule has 3 amide bonds. The van der Waals surface area contributed by atoms with Gasteiger partial charge in [-0.1, -0.05) is 42.5 Å². The predicted molar refractivity (Wildman–Crippen MR) is 98.1 cm³/mol. The van der Waals surface area contributed by atoms with E-state index in [0.717, 1.165) is 11.1 Å². The number of urea groups is 1. The summed E-state index contributed by atoms with van der Waals surface area (Å²) in [5.41, 5.74) is 7.65. The number of amides is 3. The first-order valence-electron chi connectivity index (χ1n) is 8.09. The van der Waals surface area contributed by atoms with Gasteiger partial charge in [0.2, 0.25) is 0 Å². The molecule has 2 rings (SSSR count). The van der Waals surface area contributed by atoms with Gasteiger partial charge in [0, 0.05) is 18.7 Å². The van der Waals surface area contributed by atoms with E-state index in [4.69, 9.17) is 5.73 Å². The van der Waals surface area contributed by atoms with Crippen LogP contribution in [-0.2, 0) is 6.54 Å². The van der Waals surface area contributed by atoms with Gasteiger partial charge in [0.15, 0.2) is 0 Å². The van der Waals surface area contributed by atoms with Crippen molar-refractivity contribution in [2.75, 3.05) is 20.6 Å². The van der Waals surface area contributed by atoms with Crippen LogP contribution in [0.15, 0.2) is 54.6 Å². The summed E-state index contributed by atoms with van der Waals surface area (Å²) in [7, 11) is 3.98. The second-order valence-corrected chi connectivity index (χ2v) is 6.01. The van der Waals surface area contributed by atoms with Crippen molar-refractivity contribution < 1.29 is 9.59 Å². The molecule has 0 unspecified atom stereocenters. The van der Waals surface area contributed by atoms with Crippen LogP contribution in [0.1, 0.15) is 27.5 Å². The predicted octanol–water partition coefficient (Wildman–Crippen LogP) is 1.89. The quantitative estimate of drug-likeness (QED) is 0.719. The van der Waals surface area contributed by atoms with E-state index in [2.05, 4.69) is 27.7 Å². The molecule has 0 aliphatic carbocycles. The minimum absolute atomic E-state index is 0.101. The van der Waals surface area contributed by atoms with Crippen LogP contribution in [0, 0.1) is 0 Å². The average Bonchev–Trinajstić information content (AvgIpc) is 2.61. The lowest BCUT2D eigenvalue weighted by atomic mass is 10.1. The normalized spacial score (nSPS) is 11.8. The van der Waals surface area contributed by atoms with Gasteiger partial charge in [-0.3, -0.25) is 4.79 Å². The minimum Gasteiger partial charge on any atom is -0.352 e. The number of nitrogens with zero attached hydrogens (tertiary/aromatic N) is 1. The highest BCUT2D eigenvalue weighted by Gasteiger charge is 2.15. The number of benzene rings is 2. The maximum absolute atomic E-state index is 12.4. The number of hydrogen-bond acceptors (Lipinski definition) is 3. The summed E-state index contributed by atoms with van der Waals surface area (Å²) in [6.07, 6.45) is 0. The van der Waals surface area contributed by atoms with E-state index >= 15 is 0 Å². The van der Waals surface area contributed by atoms with Crippen molar-refractivity contribution in [3.05, 3.63) is 71.3 Å². The zero-order valence-corrected chi connectivity index (χ0v) is 14.5. The number of hydrogen-bond donors (Lipinski definition) is 3. The molecule has 6 nitrogen and oxygen atoms in total. The standard InChI is InChI=1S/C19H24N4O2/c1-23(2)17(15-6-4-3-5-7-15)13-21-18(24)16-10-8-14(9-11-16)12-22-19(20)25/h3-11,17H,12-13H2,1-2H3,(H,21,24)(H3,20,22,25)/t17-/m1/s1. The molecule has 132 valence electrons. The summed E-state index contributed by atoms with van der Waals surface area (Å²) in [6.45, 7) is 0.856. The lowest BCUT2D eigenvalue weighted by Gasteiger charge is -2.25. The molecule has 0 radical (unpaired) electrons. The largest absolute Gasteiger partial charge is 0.352 e. The Hall–Kier alpha value is -2.86. The summed E-state index contributed by atoms with van der Waals surface area (Å²) in [5, 5.41) is 5.49. The van der Waals surface area contributed by atoms with Crippen molar-refractivity contribution in [2.45, 2.75) is 12.6 Å². The van der Waals surface area contributed by atoms with Crippen molar-refractivity contribution in [1.82, 2.24) is 15.5 Å². The molecule has 25 heavy (non-hydrogen) atoms. The number of likely N-dealkylation sites (N-methyl/N-ethyl adjacent to an activating group) is 1. The zero-order chi connectivity index (χ0) is 18.2. The first-order valence-corrected chi connectivity index (χ1v) is 8.09. The number of nitrogens with two attached hydrogens (primary N) is 1. The van der Waals surface area contributed by atoms with Crippen LogP contribution in [0.2, 0.25) is 0 Å². The van der Waals surface area contributed by atoms with Crippen LogP contribution < -0.4 is 16.4 Å². The third-order valence-corrected chi connectivity index (χ3v) is 3.95. The average molecular weight is 340 g/mol. The molecule has 2 aromatic rings. The smallest absolute Gasteiger partial charge is 0.312 e. The Morgan fingerprint density at radius 2 is 1.64 bits per heavy atom. The van der Waals surface area contributed by atoms with E-state index in [-0.39, 0.29) is 11.9 Å². The highest BCUT2D eigenvalue weighted by atomic mass is 16.2. The minimum atomic E-state index is -0.572. The molecule has 0 bridgehead atoms. The number of rotatable bonds is 7. The van der Waals surface area contributed by atoms with E-state index in [1.54, 1.807) is 24.3 Å². The Morgan fingerprint density at radius 1 is 1.00 bits per heavy atom. The Kier molecular flexibility index (Phi) is 6.54. The maximum atomic E-state index is 12.4. The SMILES string of the molecule is CN(C)[C@H](CNC(=O)c1ccc(CNC(N)=O)cc1)c1ccccc1. The van der Waals surface area contributed by atoms with Crippen molar-refractivity contribution in [3.8, 4) is 0 Å². The van der Waals surface area contributed by atoms with E-state index < -0.39 is 6.03 Å². The van der Waals surface area contributed by atoms with Gasteiger partial charge in [0.25, 0.3) is 5.91 Å². The van der Waals surface area contributed by atoms with Gasteiger partial charge in [0.1, 0.15) is 0 Å². The van der Waals surface area contributed by atoms with Crippen LogP contribution in [0.5, 0.6) is 0 Å². The summed E-state index contributed by atoms with van der Waals surface area (Å²) in [5.74, 6) is -0.128. The molecule has 0 spiro atoms. The van der Waals surface area contributed by atoms with Gasteiger partial charge >= 0.3 is 6.03 Å². The highest BCUT2D eigenvalue weighted by molar-refractivity contribution is 5.94. The summed E-state index contributed by atoms with van der Waals surface area (Å²) in [4.78, 5) is 25.2. The highest BCUT2D eigenvalue weighted by Crippen LogP contribution is 2.17. The Balaban J connectivity index is 1.95. The van der Waals surface area contributed by atoms with Gasteiger partial charge < -0.3 is 21.3 Å². The fraction of sp³-hybridized carbons (Fsp3) is 0.263. The van der Waals surface area contributed by atoms with Crippen LogP contribution >= 0.6 is 0 Å². The molecule has 4 N–H and O–H groups in total. The molecule has 0 aliphatic heterocycles.